The van der Waals surface area contributed by atoms with E-state index in [1.807, 2.05) is 60.7 Å². The number of carbonyl (C=O) groups excluding carboxylic acids is 3. The number of aromatic amines is 2. The number of benzene rings is 6. The number of amides is 3. The molecule has 0 radical (unpaired) electrons. The van der Waals surface area contributed by atoms with Crippen molar-refractivity contribution in [3.8, 4) is 22.3 Å². The van der Waals surface area contributed by atoms with Crippen LogP contribution in [0.4, 0.5) is 9.59 Å². The number of aliphatic hydroxyl groups excluding tert-OH is 1. The Balaban J connectivity index is 0.714. The molecule has 3 amide bonds. The summed E-state index contributed by atoms with van der Waals surface area (Å²) in [6.45, 7) is 2.30. The lowest BCUT2D eigenvalue weighted by atomic mass is 9.97. The zero-order valence-electron chi connectivity index (χ0n) is 38.3. The van der Waals surface area contributed by atoms with Crippen molar-refractivity contribution < 1.29 is 29.0 Å². The van der Waals surface area contributed by atoms with Crippen LogP contribution in [0.2, 0.25) is 0 Å². The van der Waals surface area contributed by atoms with Crippen molar-refractivity contribution >= 4 is 50.9 Å². The predicted molar refractivity (Wildman–Crippen MR) is 261 cm³/mol. The summed E-state index contributed by atoms with van der Waals surface area (Å²) in [4.78, 5) is 57.1. The molecule has 10 atom stereocenters. The minimum absolute atomic E-state index is 0.0436. The molecule has 14 nitrogen and oxygen atoms in total. The van der Waals surface area contributed by atoms with Gasteiger partial charge in [-0.15, -0.1) is 0 Å². The number of aliphatic hydroxyl groups is 1. The first-order valence-corrected chi connectivity index (χ1v) is 23.7. The summed E-state index contributed by atoms with van der Waals surface area (Å²) in [5, 5.41) is 23.0. The molecule has 8 aromatic rings. The number of ether oxygens (including phenoxy) is 2. The third kappa shape index (κ3) is 7.54. The number of nitrogens with one attached hydrogen (secondary N) is 5. The van der Waals surface area contributed by atoms with Crippen molar-refractivity contribution in [2.45, 2.75) is 62.6 Å². The molecule has 0 spiro atoms. The number of H-pyrrole nitrogens is 2. The Morgan fingerprint density at radius 3 is 1.93 bits per heavy atom. The van der Waals surface area contributed by atoms with Gasteiger partial charge >= 0.3 is 12.2 Å². The summed E-state index contributed by atoms with van der Waals surface area (Å²) in [6.07, 6.45) is 0.282. The van der Waals surface area contributed by atoms with E-state index in [0.717, 1.165) is 91.6 Å². The second-order valence-electron chi connectivity index (χ2n) is 19.4. The number of nitrogens with zero attached hydrogens (tertiary/aromatic N) is 3. The van der Waals surface area contributed by atoms with Crippen molar-refractivity contribution in [1.82, 2.24) is 40.8 Å². The number of carbonyl (C=O) groups is 3. The number of alkyl carbamates (subject to hydrolysis) is 2. The van der Waals surface area contributed by atoms with Gasteiger partial charge in [0.15, 0.2) is 0 Å². The van der Waals surface area contributed by atoms with Crippen LogP contribution in [0.15, 0.2) is 133 Å². The fourth-order valence-corrected chi connectivity index (χ4v) is 11.6. The molecule has 2 aliphatic heterocycles. The number of methoxy groups -OCH3 is 2. The molecule has 5 fully saturated rings. The largest absolute Gasteiger partial charge is 0.453 e. The van der Waals surface area contributed by atoms with Gasteiger partial charge in [-0.05, 0) is 117 Å². The van der Waals surface area contributed by atoms with E-state index in [1.54, 1.807) is 0 Å². The van der Waals surface area contributed by atoms with Gasteiger partial charge in [0.25, 0.3) is 0 Å². The third-order valence-electron chi connectivity index (χ3n) is 15.4. The lowest BCUT2D eigenvalue weighted by Crippen LogP contribution is -2.47. The van der Waals surface area contributed by atoms with Crippen LogP contribution in [0, 0.1) is 23.2 Å². The summed E-state index contributed by atoms with van der Waals surface area (Å²) in [5.41, 5.74) is 9.71. The molecule has 2 aromatic heterocycles. The average Bonchev–Trinajstić information content (AvgIpc) is 4.14. The number of rotatable bonds is 14. The number of piperidine rings is 1. The average molecular weight is 921 g/mol. The molecular formula is C55H52N8O6. The number of aryl methyl sites for hydroxylation is 1. The molecule has 5 aliphatic rings. The van der Waals surface area contributed by atoms with Crippen LogP contribution < -0.4 is 16.0 Å². The van der Waals surface area contributed by atoms with Crippen LogP contribution in [0.25, 0.3) is 55.1 Å². The summed E-state index contributed by atoms with van der Waals surface area (Å²) < 4.78 is 9.73. The molecule has 6 N–H and O–H groups in total. The van der Waals surface area contributed by atoms with Crippen molar-refractivity contribution in [2.75, 3.05) is 14.2 Å². The molecule has 348 valence electrons. The Bertz CT molecular complexity index is 3300. The van der Waals surface area contributed by atoms with Gasteiger partial charge in [-0.1, -0.05) is 104 Å². The topological polar surface area (TPSA) is 187 Å². The van der Waals surface area contributed by atoms with Gasteiger partial charge in [-0.2, -0.15) is 0 Å². The second-order valence-corrected chi connectivity index (χ2v) is 19.4. The van der Waals surface area contributed by atoms with E-state index >= 15 is 0 Å². The smallest absolute Gasteiger partial charge is 0.407 e. The molecule has 2 unspecified atom stereocenters. The van der Waals surface area contributed by atoms with Gasteiger partial charge in [-0.25, -0.2) is 19.6 Å². The van der Waals surface area contributed by atoms with Gasteiger partial charge in [0.2, 0.25) is 5.91 Å². The second kappa shape index (κ2) is 16.6. The maximum Gasteiger partial charge on any atom is 0.407 e. The molecule has 3 aliphatic carbocycles. The summed E-state index contributed by atoms with van der Waals surface area (Å²) in [6, 6.07) is 43.2. The minimum Gasteiger partial charge on any atom is -0.453 e. The SMILES string of the molecule is COC(=O)N[C@H](c1ccccc1)C(O)N1[C@H](c2nc3ccc(-c4ccc5cc(-c6ccc7nc(CC[C@H]8C[C@H]8NC(=O)[C@H](NC(=O)OC)c8ccccc8)[nH]c7c6)ccc5c4)cc3[nH]2)C2[C@@H]3[C@H]1[C@]23C. The summed E-state index contributed by atoms with van der Waals surface area (Å²) in [7, 11) is 2.62. The Hall–Kier alpha value is -7.55. The standard InChI is InChI=1S/C55H52N8O6/c1-55-44-45(55)49(55)63(52(65)47(62-54(67)69-3)30-12-8-5-9-13-30)48(44)50-58-39-22-19-36(27-42(39)59-50)34-17-15-31-24-33(16-14-32(31)25-34)35-18-21-38-41(26-35)57-43(56-38)23-20-37-28-40(37)60-51(64)46(61-53(66)68-2)29-10-6-4-7-11-29/h4-19,21-22,24-27,37,40,44-49,52,65H,20,23,28H2,1-3H3,(H,56,57)(H,58,59)(H,60,64)(H,61,66)(H,62,67)/t37-,40+,44?,45+,46+,47+,48-,49-,52?,55+/m0/s1. The van der Waals surface area contributed by atoms with Crippen molar-refractivity contribution in [1.29, 1.82) is 0 Å². The van der Waals surface area contributed by atoms with E-state index in [0.29, 0.717) is 23.3 Å². The van der Waals surface area contributed by atoms with Crippen molar-refractivity contribution in [2.24, 2.45) is 23.2 Å². The number of hydrogen-bond acceptors (Lipinski definition) is 9. The highest BCUT2D eigenvalue weighted by Crippen LogP contribution is 2.90. The Morgan fingerprint density at radius 1 is 0.725 bits per heavy atom. The van der Waals surface area contributed by atoms with Crippen LogP contribution in [0.5, 0.6) is 0 Å². The quantitative estimate of drug-likeness (QED) is 0.0620. The summed E-state index contributed by atoms with van der Waals surface area (Å²) >= 11 is 0. The number of hydrogen-bond donors (Lipinski definition) is 6. The Labute approximate surface area is 397 Å². The number of aromatic nitrogens is 4. The molecule has 13 rings (SSSR count). The van der Waals surface area contributed by atoms with E-state index in [-0.39, 0.29) is 29.4 Å². The molecule has 6 aromatic carbocycles. The molecule has 4 heterocycles. The monoisotopic (exact) mass is 920 g/mol. The summed E-state index contributed by atoms with van der Waals surface area (Å²) in [5.74, 6) is 2.70. The normalized spacial score (nSPS) is 24.3. The Morgan fingerprint density at radius 2 is 1.29 bits per heavy atom. The highest BCUT2D eigenvalue weighted by molar-refractivity contribution is 5.93. The van der Waals surface area contributed by atoms with Crippen molar-refractivity contribution in [3.63, 3.8) is 0 Å². The molecule has 14 heteroatoms. The molecule has 69 heavy (non-hydrogen) atoms. The van der Waals surface area contributed by atoms with Gasteiger partial charge in [0.1, 0.15) is 23.9 Å². The van der Waals surface area contributed by atoms with E-state index in [2.05, 4.69) is 111 Å². The van der Waals surface area contributed by atoms with E-state index in [1.165, 1.54) is 14.2 Å². The van der Waals surface area contributed by atoms with E-state index < -0.39 is 30.5 Å². The fraction of sp³-hybridized carbons (Fsp3) is 0.291. The molecule has 3 saturated carbocycles. The van der Waals surface area contributed by atoms with E-state index in [9.17, 15) is 19.5 Å². The van der Waals surface area contributed by atoms with Crippen LogP contribution in [-0.4, -0.2) is 80.6 Å². The van der Waals surface area contributed by atoms with E-state index in [4.69, 9.17) is 19.4 Å². The first kappa shape index (κ1) is 42.8. The third-order valence-corrected chi connectivity index (χ3v) is 15.4. The molecule has 2 saturated heterocycles. The van der Waals surface area contributed by atoms with Gasteiger partial charge in [0.05, 0.1) is 48.4 Å². The molecule has 2 bridgehead atoms. The van der Waals surface area contributed by atoms with Gasteiger partial charge < -0.3 is 40.5 Å². The predicted octanol–water partition coefficient (Wildman–Crippen LogP) is 8.87. The van der Waals surface area contributed by atoms with Gasteiger partial charge in [-0.3, -0.25) is 9.69 Å². The zero-order valence-corrected chi connectivity index (χ0v) is 38.3. The lowest BCUT2D eigenvalue weighted by molar-refractivity contribution is -0.123. The molecular weight excluding hydrogens is 869 g/mol. The minimum atomic E-state index is -0.983. The highest BCUT2D eigenvalue weighted by atomic mass is 16.5. The highest BCUT2D eigenvalue weighted by Gasteiger charge is 2.93. The number of fused-ring (bicyclic) bond motifs is 4. The number of imidazole rings is 2. The fourth-order valence-electron chi connectivity index (χ4n) is 11.6. The zero-order chi connectivity index (χ0) is 47.1. The Kier molecular flexibility index (Phi) is 10.3. The van der Waals surface area contributed by atoms with Crippen LogP contribution >= 0.6 is 0 Å². The van der Waals surface area contributed by atoms with Crippen LogP contribution in [-0.2, 0) is 20.7 Å². The maximum atomic E-state index is 13.2. The van der Waals surface area contributed by atoms with Gasteiger partial charge in [0, 0.05) is 18.5 Å². The first-order valence-electron chi connectivity index (χ1n) is 23.7. The van der Waals surface area contributed by atoms with Crippen LogP contribution in [0.1, 0.15) is 60.7 Å². The first-order chi connectivity index (χ1) is 33.6. The maximum absolute atomic E-state index is 13.2. The van der Waals surface area contributed by atoms with Crippen LogP contribution in [0.3, 0.4) is 0 Å². The lowest BCUT2D eigenvalue weighted by Gasteiger charge is -2.34. The van der Waals surface area contributed by atoms with Crippen molar-refractivity contribution in [3.05, 3.63) is 156 Å².